The van der Waals surface area contributed by atoms with Crippen LogP contribution in [0.2, 0.25) is 0 Å². The molecule has 1 aromatic rings. The number of nitrogens with zero attached hydrogens (tertiary/aromatic N) is 2. The Kier molecular flexibility index (Phi) is 4.60. The maximum atomic E-state index is 4.64. The van der Waals surface area contributed by atoms with Gasteiger partial charge in [-0.25, -0.2) is 0 Å². The third-order valence-electron chi connectivity index (χ3n) is 4.99. The first-order valence-corrected chi connectivity index (χ1v) is 8.50. The molecule has 2 fully saturated rings. The third-order valence-corrected chi connectivity index (χ3v) is 4.99. The van der Waals surface area contributed by atoms with Gasteiger partial charge in [0.25, 0.3) is 0 Å². The highest BCUT2D eigenvalue weighted by atomic mass is 15.1. The van der Waals surface area contributed by atoms with Crippen LogP contribution in [0.4, 0.5) is 0 Å². The zero-order valence-electron chi connectivity index (χ0n) is 13.6. The van der Waals surface area contributed by atoms with Gasteiger partial charge in [0, 0.05) is 31.4 Å². The summed E-state index contributed by atoms with van der Waals surface area (Å²) in [5, 5.41) is 3.78. The second-order valence-electron chi connectivity index (χ2n) is 7.30. The minimum absolute atomic E-state index is 0.501. The highest BCUT2D eigenvalue weighted by Gasteiger charge is 2.36. The normalized spacial score (nSPS) is 21.1. The van der Waals surface area contributed by atoms with Crippen molar-refractivity contribution in [2.24, 2.45) is 5.41 Å². The van der Waals surface area contributed by atoms with Crippen molar-refractivity contribution >= 4 is 0 Å². The second kappa shape index (κ2) is 6.45. The Morgan fingerprint density at radius 1 is 1.29 bits per heavy atom. The molecule has 3 nitrogen and oxygen atoms in total. The lowest BCUT2D eigenvalue weighted by atomic mass is 9.85. The highest BCUT2D eigenvalue weighted by Crippen LogP contribution is 2.39. The molecule has 1 aromatic heterocycles. The van der Waals surface area contributed by atoms with Crippen molar-refractivity contribution in [3.63, 3.8) is 0 Å². The lowest BCUT2D eigenvalue weighted by Crippen LogP contribution is -2.41. The molecule has 3 heteroatoms. The Morgan fingerprint density at radius 3 is 2.71 bits per heavy atom. The molecule has 1 heterocycles. The third kappa shape index (κ3) is 4.27. The van der Waals surface area contributed by atoms with Crippen LogP contribution in [0.15, 0.2) is 18.2 Å². The Morgan fingerprint density at radius 2 is 2.05 bits per heavy atom. The number of aromatic nitrogens is 1. The molecule has 0 amide bonds. The fourth-order valence-corrected chi connectivity index (χ4v) is 3.76. The molecule has 0 bridgehead atoms. The number of nitrogens with one attached hydrogen (secondary N) is 1. The van der Waals surface area contributed by atoms with E-state index in [4.69, 9.17) is 0 Å². The Labute approximate surface area is 129 Å². The minimum Gasteiger partial charge on any atom is -0.313 e. The molecule has 0 saturated heterocycles. The summed E-state index contributed by atoms with van der Waals surface area (Å²) >= 11 is 0. The number of hydrogen-bond donors (Lipinski definition) is 1. The Balaban J connectivity index is 1.56. The highest BCUT2D eigenvalue weighted by molar-refractivity contribution is 5.09. The minimum atomic E-state index is 0.501. The van der Waals surface area contributed by atoms with E-state index in [2.05, 4.69) is 47.4 Å². The van der Waals surface area contributed by atoms with E-state index in [9.17, 15) is 0 Å². The second-order valence-corrected chi connectivity index (χ2v) is 7.30. The molecular weight excluding hydrogens is 258 g/mol. The standard InChI is InChI=1S/C18H29N3/c1-15-6-5-7-17(20-15)12-21(2)14-18(10-3-4-11-18)13-19-16-8-9-16/h5-7,16,19H,3-4,8-14H2,1-2H3. The van der Waals surface area contributed by atoms with Crippen LogP contribution in [-0.2, 0) is 6.54 Å². The lowest BCUT2D eigenvalue weighted by Gasteiger charge is -2.34. The molecule has 21 heavy (non-hydrogen) atoms. The van der Waals surface area contributed by atoms with Crippen LogP contribution >= 0.6 is 0 Å². The summed E-state index contributed by atoms with van der Waals surface area (Å²) in [5.74, 6) is 0. The van der Waals surface area contributed by atoms with Gasteiger partial charge in [-0.05, 0) is 57.2 Å². The maximum absolute atomic E-state index is 4.64. The number of rotatable bonds is 7. The zero-order valence-corrected chi connectivity index (χ0v) is 13.6. The summed E-state index contributed by atoms with van der Waals surface area (Å²) in [5.41, 5.74) is 2.81. The molecule has 0 unspecified atom stereocenters. The Bertz CT molecular complexity index is 461. The first-order valence-electron chi connectivity index (χ1n) is 8.50. The van der Waals surface area contributed by atoms with Gasteiger partial charge in [-0.15, -0.1) is 0 Å². The van der Waals surface area contributed by atoms with Gasteiger partial charge < -0.3 is 5.32 Å². The van der Waals surface area contributed by atoms with Crippen molar-refractivity contribution < 1.29 is 0 Å². The smallest absolute Gasteiger partial charge is 0.0547 e. The van der Waals surface area contributed by atoms with Crippen LogP contribution in [0.25, 0.3) is 0 Å². The summed E-state index contributed by atoms with van der Waals surface area (Å²) in [6.45, 7) is 5.44. The monoisotopic (exact) mass is 287 g/mol. The molecule has 0 radical (unpaired) electrons. The van der Waals surface area contributed by atoms with E-state index in [0.717, 1.165) is 18.3 Å². The van der Waals surface area contributed by atoms with Gasteiger partial charge in [-0.2, -0.15) is 0 Å². The fourth-order valence-electron chi connectivity index (χ4n) is 3.76. The van der Waals surface area contributed by atoms with E-state index in [-0.39, 0.29) is 0 Å². The van der Waals surface area contributed by atoms with Crippen molar-refractivity contribution in [3.8, 4) is 0 Å². The predicted octanol–water partition coefficient (Wildman–Crippen LogP) is 3.13. The van der Waals surface area contributed by atoms with Crippen molar-refractivity contribution in [1.82, 2.24) is 15.2 Å². The summed E-state index contributed by atoms with van der Waals surface area (Å²) < 4.78 is 0. The van der Waals surface area contributed by atoms with Crippen LogP contribution in [0, 0.1) is 12.3 Å². The topological polar surface area (TPSA) is 28.2 Å². The van der Waals surface area contributed by atoms with Crippen molar-refractivity contribution in [1.29, 1.82) is 0 Å². The van der Waals surface area contributed by atoms with Gasteiger partial charge in [0.1, 0.15) is 0 Å². The first kappa shape index (κ1) is 15.0. The van der Waals surface area contributed by atoms with E-state index in [1.54, 1.807) is 0 Å². The molecule has 0 atom stereocenters. The SMILES string of the molecule is Cc1cccc(CN(C)CC2(CNC3CC3)CCCC2)n1. The quantitative estimate of drug-likeness (QED) is 0.835. The summed E-state index contributed by atoms with van der Waals surface area (Å²) in [6.07, 6.45) is 8.36. The van der Waals surface area contributed by atoms with Gasteiger partial charge in [0.15, 0.2) is 0 Å². The van der Waals surface area contributed by atoms with Gasteiger partial charge in [-0.1, -0.05) is 18.9 Å². The van der Waals surface area contributed by atoms with Crippen molar-refractivity contribution in [3.05, 3.63) is 29.6 Å². The van der Waals surface area contributed by atoms with Crippen LogP contribution in [-0.4, -0.2) is 36.1 Å². The van der Waals surface area contributed by atoms with E-state index >= 15 is 0 Å². The van der Waals surface area contributed by atoms with Crippen LogP contribution < -0.4 is 5.32 Å². The summed E-state index contributed by atoms with van der Waals surface area (Å²) in [6, 6.07) is 7.16. The summed E-state index contributed by atoms with van der Waals surface area (Å²) in [7, 11) is 2.25. The molecule has 2 saturated carbocycles. The molecular formula is C18H29N3. The van der Waals surface area contributed by atoms with Crippen LogP contribution in [0.5, 0.6) is 0 Å². The molecule has 0 aliphatic heterocycles. The predicted molar refractivity (Wildman–Crippen MR) is 87.2 cm³/mol. The van der Waals surface area contributed by atoms with Gasteiger partial charge in [0.2, 0.25) is 0 Å². The largest absolute Gasteiger partial charge is 0.313 e. The average molecular weight is 287 g/mol. The molecule has 2 aliphatic carbocycles. The van der Waals surface area contributed by atoms with E-state index in [1.807, 2.05) is 0 Å². The van der Waals surface area contributed by atoms with Crippen LogP contribution in [0.1, 0.15) is 49.9 Å². The van der Waals surface area contributed by atoms with Crippen molar-refractivity contribution in [2.45, 2.75) is 58.0 Å². The lowest BCUT2D eigenvalue weighted by molar-refractivity contribution is 0.166. The van der Waals surface area contributed by atoms with E-state index < -0.39 is 0 Å². The number of hydrogen-bond acceptors (Lipinski definition) is 3. The van der Waals surface area contributed by atoms with E-state index in [1.165, 1.54) is 57.3 Å². The fraction of sp³-hybridized carbons (Fsp3) is 0.722. The van der Waals surface area contributed by atoms with Gasteiger partial charge >= 0.3 is 0 Å². The van der Waals surface area contributed by atoms with Gasteiger partial charge in [0.05, 0.1) is 5.69 Å². The first-order chi connectivity index (χ1) is 10.2. The average Bonchev–Trinajstić information content (AvgIpc) is 3.17. The number of aryl methyl sites for hydroxylation is 1. The molecule has 116 valence electrons. The Hall–Kier alpha value is -0.930. The molecule has 0 aromatic carbocycles. The zero-order chi connectivity index (χ0) is 14.7. The number of pyridine rings is 1. The molecule has 3 rings (SSSR count). The summed E-state index contributed by atoms with van der Waals surface area (Å²) in [4.78, 5) is 7.11. The molecule has 1 N–H and O–H groups in total. The molecule has 0 spiro atoms. The van der Waals surface area contributed by atoms with Crippen LogP contribution in [0.3, 0.4) is 0 Å². The van der Waals surface area contributed by atoms with Crippen molar-refractivity contribution in [2.75, 3.05) is 20.1 Å². The van der Waals surface area contributed by atoms with E-state index in [0.29, 0.717) is 5.41 Å². The van der Waals surface area contributed by atoms with Gasteiger partial charge in [-0.3, -0.25) is 9.88 Å². The molecule has 2 aliphatic rings. The maximum Gasteiger partial charge on any atom is 0.0547 e.